The van der Waals surface area contributed by atoms with E-state index in [1.165, 1.54) is 17.3 Å². The van der Waals surface area contributed by atoms with Gasteiger partial charge in [-0.25, -0.2) is 0 Å². The Morgan fingerprint density at radius 1 is 1.11 bits per heavy atom. The Balaban J connectivity index is 1.94. The molecule has 0 aliphatic rings. The average molecular weight is 271 g/mol. The minimum atomic E-state index is -0.464. The minimum absolute atomic E-state index is 0.00714. The fourth-order valence-corrected chi connectivity index (χ4v) is 2.49. The van der Waals surface area contributed by atoms with Gasteiger partial charge in [-0.3, -0.25) is 4.79 Å². The van der Waals surface area contributed by atoms with E-state index in [1.54, 1.807) is 0 Å². The van der Waals surface area contributed by atoms with Crippen molar-refractivity contribution in [2.45, 2.75) is 24.3 Å². The monoisotopic (exact) mass is 271 g/mol. The highest BCUT2D eigenvalue weighted by Crippen LogP contribution is 2.21. The Labute approximate surface area is 118 Å². The number of nitrogens with two attached hydrogens (primary N) is 1. The first-order chi connectivity index (χ1) is 9.15. The molecule has 0 unspecified atom stereocenters. The molecule has 98 valence electrons. The summed E-state index contributed by atoms with van der Waals surface area (Å²) < 4.78 is 0. The number of hydrogen-bond donors (Lipinski definition) is 1. The van der Waals surface area contributed by atoms with Crippen LogP contribution in [0.25, 0.3) is 0 Å². The zero-order valence-electron chi connectivity index (χ0n) is 10.9. The number of benzene rings is 2. The normalized spacial score (nSPS) is 12.1. The topological polar surface area (TPSA) is 43.1 Å². The largest absolute Gasteiger partial charge is 0.320 e. The first-order valence-corrected chi connectivity index (χ1v) is 7.04. The van der Waals surface area contributed by atoms with Crippen molar-refractivity contribution in [2.75, 3.05) is 0 Å². The van der Waals surface area contributed by atoms with Crippen LogP contribution in [0.15, 0.2) is 59.5 Å². The Bertz CT molecular complexity index is 536. The summed E-state index contributed by atoms with van der Waals surface area (Å²) in [7, 11) is 0. The second-order valence-electron chi connectivity index (χ2n) is 4.53. The van der Waals surface area contributed by atoms with Crippen LogP contribution < -0.4 is 5.73 Å². The van der Waals surface area contributed by atoms with Crippen molar-refractivity contribution in [3.05, 3.63) is 65.7 Å². The zero-order chi connectivity index (χ0) is 13.7. The maximum atomic E-state index is 12.0. The molecule has 1 atom stereocenters. The molecule has 0 amide bonds. The molecule has 2 aromatic carbocycles. The lowest BCUT2D eigenvalue weighted by Crippen LogP contribution is -2.30. The van der Waals surface area contributed by atoms with Crippen molar-refractivity contribution in [3.8, 4) is 0 Å². The van der Waals surface area contributed by atoms with E-state index < -0.39 is 6.04 Å². The molecule has 2 rings (SSSR count). The van der Waals surface area contributed by atoms with Gasteiger partial charge in [-0.15, -0.1) is 0 Å². The summed E-state index contributed by atoms with van der Waals surface area (Å²) in [5.41, 5.74) is 8.23. The lowest BCUT2D eigenvalue weighted by Gasteiger charge is -2.10. The van der Waals surface area contributed by atoms with E-state index in [2.05, 4.69) is 0 Å². The van der Waals surface area contributed by atoms with Crippen molar-refractivity contribution >= 4 is 16.9 Å². The number of hydrogen-bond acceptors (Lipinski definition) is 3. The van der Waals surface area contributed by atoms with E-state index in [-0.39, 0.29) is 5.12 Å². The molecule has 0 saturated heterocycles. The summed E-state index contributed by atoms with van der Waals surface area (Å²) in [6.07, 6.45) is 0.582. The lowest BCUT2D eigenvalue weighted by atomic mass is 10.1. The van der Waals surface area contributed by atoms with Crippen molar-refractivity contribution in [2.24, 2.45) is 5.73 Å². The molecule has 0 aromatic heterocycles. The van der Waals surface area contributed by atoms with Crippen molar-refractivity contribution < 1.29 is 4.79 Å². The van der Waals surface area contributed by atoms with Gasteiger partial charge in [-0.1, -0.05) is 59.8 Å². The number of rotatable bonds is 4. The molecule has 2 nitrogen and oxygen atoms in total. The van der Waals surface area contributed by atoms with Crippen LogP contribution in [0.4, 0.5) is 0 Å². The molecule has 0 fully saturated rings. The summed E-state index contributed by atoms with van der Waals surface area (Å²) in [6.45, 7) is 2.03. The molecule has 0 radical (unpaired) electrons. The molecule has 0 heterocycles. The van der Waals surface area contributed by atoms with E-state index in [9.17, 15) is 4.79 Å². The van der Waals surface area contributed by atoms with E-state index in [0.717, 1.165) is 10.5 Å². The third kappa shape index (κ3) is 4.23. The van der Waals surface area contributed by atoms with Crippen LogP contribution in [0, 0.1) is 6.92 Å². The Kier molecular flexibility index (Phi) is 4.77. The molecule has 2 N–H and O–H groups in total. The predicted molar refractivity (Wildman–Crippen MR) is 80.2 cm³/mol. The number of aryl methyl sites for hydroxylation is 1. The summed E-state index contributed by atoms with van der Waals surface area (Å²) in [6, 6.07) is 17.3. The molecular weight excluding hydrogens is 254 g/mol. The van der Waals surface area contributed by atoms with E-state index in [1.807, 2.05) is 61.5 Å². The summed E-state index contributed by atoms with van der Waals surface area (Å²) >= 11 is 1.22. The quantitative estimate of drug-likeness (QED) is 0.868. The van der Waals surface area contributed by atoms with Crippen LogP contribution in [0.1, 0.15) is 11.1 Å². The van der Waals surface area contributed by atoms with Gasteiger partial charge in [-0.05, 0) is 31.0 Å². The molecule has 3 heteroatoms. The van der Waals surface area contributed by atoms with Gasteiger partial charge in [0.05, 0.1) is 6.04 Å². The second kappa shape index (κ2) is 6.55. The van der Waals surface area contributed by atoms with Crippen LogP contribution >= 0.6 is 11.8 Å². The van der Waals surface area contributed by atoms with Gasteiger partial charge < -0.3 is 5.73 Å². The van der Waals surface area contributed by atoms with Gasteiger partial charge in [0.25, 0.3) is 0 Å². The van der Waals surface area contributed by atoms with E-state index >= 15 is 0 Å². The summed E-state index contributed by atoms with van der Waals surface area (Å²) in [5, 5.41) is 0.00714. The van der Waals surface area contributed by atoms with Gasteiger partial charge in [-0.2, -0.15) is 0 Å². The molecule has 0 spiro atoms. The Morgan fingerprint density at radius 2 is 1.74 bits per heavy atom. The van der Waals surface area contributed by atoms with Gasteiger partial charge in [0.2, 0.25) is 5.12 Å². The van der Waals surface area contributed by atoms with Crippen LogP contribution in [0.2, 0.25) is 0 Å². The number of carbonyl (C=O) groups excluding carboxylic acids is 1. The second-order valence-corrected chi connectivity index (χ2v) is 5.61. The van der Waals surface area contributed by atoms with Crippen LogP contribution in [0.5, 0.6) is 0 Å². The molecule has 0 aliphatic heterocycles. The van der Waals surface area contributed by atoms with Crippen LogP contribution in [-0.4, -0.2) is 11.2 Å². The highest BCUT2D eigenvalue weighted by atomic mass is 32.2. The number of carbonyl (C=O) groups is 1. The molecule has 19 heavy (non-hydrogen) atoms. The Morgan fingerprint density at radius 3 is 2.37 bits per heavy atom. The fraction of sp³-hybridized carbons (Fsp3) is 0.188. The van der Waals surface area contributed by atoms with Gasteiger partial charge >= 0.3 is 0 Å². The maximum Gasteiger partial charge on any atom is 0.210 e. The molecule has 0 aliphatic carbocycles. The third-order valence-electron chi connectivity index (χ3n) is 2.84. The fourth-order valence-electron chi connectivity index (χ4n) is 1.75. The van der Waals surface area contributed by atoms with Gasteiger partial charge in [0, 0.05) is 4.90 Å². The minimum Gasteiger partial charge on any atom is -0.320 e. The van der Waals surface area contributed by atoms with Crippen molar-refractivity contribution in [3.63, 3.8) is 0 Å². The molecule has 0 saturated carbocycles. The molecule has 0 bridgehead atoms. The Hall–Kier alpha value is -1.58. The summed E-state index contributed by atoms with van der Waals surface area (Å²) in [4.78, 5) is 13.0. The maximum absolute atomic E-state index is 12.0. The van der Waals surface area contributed by atoms with Crippen LogP contribution in [0.3, 0.4) is 0 Å². The smallest absolute Gasteiger partial charge is 0.210 e. The molecular formula is C16H17NOS. The third-order valence-corrected chi connectivity index (χ3v) is 3.85. The highest BCUT2D eigenvalue weighted by molar-refractivity contribution is 8.13. The van der Waals surface area contributed by atoms with E-state index in [4.69, 9.17) is 5.73 Å². The van der Waals surface area contributed by atoms with Crippen LogP contribution in [-0.2, 0) is 11.2 Å². The van der Waals surface area contributed by atoms with E-state index in [0.29, 0.717) is 6.42 Å². The highest BCUT2D eigenvalue weighted by Gasteiger charge is 2.15. The van der Waals surface area contributed by atoms with Gasteiger partial charge in [0.1, 0.15) is 0 Å². The lowest BCUT2D eigenvalue weighted by molar-refractivity contribution is -0.112. The van der Waals surface area contributed by atoms with Crippen molar-refractivity contribution in [1.82, 2.24) is 0 Å². The first kappa shape index (κ1) is 13.8. The number of thioether (sulfide) groups is 1. The average Bonchev–Trinajstić information content (AvgIpc) is 2.42. The van der Waals surface area contributed by atoms with Crippen molar-refractivity contribution in [1.29, 1.82) is 0 Å². The zero-order valence-corrected chi connectivity index (χ0v) is 11.7. The summed E-state index contributed by atoms with van der Waals surface area (Å²) in [5.74, 6) is 0. The SMILES string of the molecule is Cc1ccc(SC(=O)[C@@H](N)Cc2ccccc2)cc1. The predicted octanol–water partition coefficient (Wildman–Crippen LogP) is 3.18. The standard InChI is InChI=1S/C16H17NOS/c1-12-7-9-14(10-8-12)19-16(18)15(17)11-13-5-3-2-4-6-13/h2-10,15H,11,17H2,1H3/t15-/m0/s1. The first-order valence-electron chi connectivity index (χ1n) is 6.23. The molecule has 2 aromatic rings. The van der Waals surface area contributed by atoms with Gasteiger partial charge in [0.15, 0.2) is 0 Å².